The molecule has 0 bridgehead atoms. The van der Waals surface area contributed by atoms with Crippen LogP contribution in [0.5, 0.6) is 0 Å². The Hall–Kier alpha value is -0.380. The molecule has 0 fully saturated rings. The Morgan fingerprint density at radius 1 is 1.60 bits per heavy atom. The fourth-order valence-electron chi connectivity index (χ4n) is 2.09. The molecule has 1 rings (SSSR count). The van der Waals surface area contributed by atoms with E-state index in [0.29, 0.717) is 0 Å². The molecule has 1 aliphatic heterocycles. The molecule has 1 unspecified atom stereocenters. The lowest BCUT2D eigenvalue weighted by atomic mass is 10.1. The molecule has 3 heteroatoms. The average molecular weight is 212 g/mol. The monoisotopic (exact) mass is 212 g/mol. The van der Waals surface area contributed by atoms with Crippen molar-refractivity contribution >= 4 is 0 Å². The van der Waals surface area contributed by atoms with Crippen molar-refractivity contribution in [3.8, 4) is 0 Å². The van der Waals surface area contributed by atoms with E-state index < -0.39 is 0 Å². The minimum absolute atomic E-state index is 0.729. The summed E-state index contributed by atoms with van der Waals surface area (Å²) in [5, 5.41) is 3.22. The summed E-state index contributed by atoms with van der Waals surface area (Å²) < 4.78 is 5.14. The van der Waals surface area contributed by atoms with Crippen molar-refractivity contribution in [1.82, 2.24) is 10.2 Å². The van der Waals surface area contributed by atoms with Gasteiger partial charge in [0.1, 0.15) is 0 Å². The van der Waals surface area contributed by atoms with Gasteiger partial charge in [0.25, 0.3) is 0 Å². The van der Waals surface area contributed by atoms with Crippen molar-refractivity contribution in [3.05, 3.63) is 11.6 Å². The highest BCUT2D eigenvalue weighted by Gasteiger charge is 2.13. The van der Waals surface area contributed by atoms with Gasteiger partial charge in [0, 0.05) is 26.7 Å². The first kappa shape index (κ1) is 12.7. The molecule has 0 aromatic carbocycles. The van der Waals surface area contributed by atoms with Crippen LogP contribution in [0.15, 0.2) is 11.6 Å². The molecule has 15 heavy (non-hydrogen) atoms. The number of hydrogen-bond acceptors (Lipinski definition) is 3. The quantitative estimate of drug-likeness (QED) is 0.668. The predicted molar refractivity (Wildman–Crippen MR) is 64.1 cm³/mol. The summed E-state index contributed by atoms with van der Waals surface area (Å²) in [5.74, 6) is 0.729. The molecule has 1 N–H and O–H groups in total. The SMILES string of the molecule is CNCC(C)CN1CC=C(COC)CC1. The van der Waals surface area contributed by atoms with Gasteiger partial charge in [-0.25, -0.2) is 0 Å². The Labute approximate surface area is 93.5 Å². The van der Waals surface area contributed by atoms with E-state index >= 15 is 0 Å². The van der Waals surface area contributed by atoms with Gasteiger partial charge in [-0.3, -0.25) is 4.90 Å². The van der Waals surface area contributed by atoms with Crippen molar-refractivity contribution < 1.29 is 4.74 Å². The van der Waals surface area contributed by atoms with Crippen molar-refractivity contribution in [3.63, 3.8) is 0 Å². The molecule has 1 atom stereocenters. The summed E-state index contributed by atoms with van der Waals surface area (Å²) in [6, 6.07) is 0. The Morgan fingerprint density at radius 2 is 2.40 bits per heavy atom. The molecule has 0 aromatic rings. The molecule has 1 heterocycles. The third-order valence-electron chi connectivity index (χ3n) is 2.84. The number of nitrogens with zero attached hydrogens (tertiary/aromatic N) is 1. The van der Waals surface area contributed by atoms with E-state index in [1.54, 1.807) is 7.11 Å². The lowest BCUT2D eigenvalue weighted by molar-refractivity contribution is 0.205. The molecule has 0 saturated carbocycles. The minimum Gasteiger partial charge on any atom is -0.380 e. The van der Waals surface area contributed by atoms with Crippen molar-refractivity contribution in [1.29, 1.82) is 0 Å². The van der Waals surface area contributed by atoms with Crippen LogP contribution in [0, 0.1) is 5.92 Å². The van der Waals surface area contributed by atoms with Gasteiger partial charge in [0.15, 0.2) is 0 Å². The summed E-state index contributed by atoms with van der Waals surface area (Å²) >= 11 is 0. The largest absolute Gasteiger partial charge is 0.380 e. The van der Waals surface area contributed by atoms with Crippen LogP contribution in [-0.4, -0.2) is 51.8 Å². The first-order valence-electron chi connectivity index (χ1n) is 5.80. The van der Waals surface area contributed by atoms with Crippen LogP contribution in [0.4, 0.5) is 0 Å². The third kappa shape index (κ3) is 4.78. The molecule has 0 saturated heterocycles. The molecule has 0 spiro atoms. The van der Waals surface area contributed by atoms with Gasteiger partial charge in [-0.05, 0) is 31.5 Å². The summed E-state index contributed by atoms with van der Waals surface area (Å²) in [7, 11) is 3.78. The summed E-state index contributed by atoms with van der Waals surface area (Å²) in [5.41, 5.74) is 1.45. The zero-order valence-corrected chi connectivity index (χ0v) is 10.3. The average Bonchev–Trinajstić information content (AvgIpc) is 2.22. The highest BCUT2D eigenvalue weighted by molar-refractivity contribution is 5.07. The van der Waals surface area contributed by atoms with Gasteiger partial charge in [-0.15, -0.1) is 0 Å². The third-order valence-corrected chi connectivity index (χ3v) is 2.84. The van der Waals surface area contributed by atoms with Gasteiger partial charge in [0.05, 0.1) is 6.61 Å². The smallest absolute Gasteiger partial charge is 0.0673 e. The first-order chi connectivity index (χ1) is 7.26. The zero-order chi connectivity index (χ0) is 11.1. The van der Waals surface area contributed by atoms with Crippen molar-refractivity contribution in [2.75, 3.05) is 46.9 Å². The van der Waals surface area contributed by atoms with Gasteiger partial charge in [-0.2, -0.15) is 0 Å². The zero-order valence-electron chi connectivity index (χ0n) is 10.3. The van der Waals surface area contributed by atoms with Crippen LogP contribution < -0.4 is 5.32 Å². The number of ether oxygens (including phenoxy) is 1. The van der Waals surface area contributed by atoms with Crippen LogP contribution >= 0.6 is 0 Å². The first-order valence-corrected chi connectivity index (χ1v) is 5.80. The highest BCUT2D eigenvalue weighted by atomic mass is 16.5. The maximum absolute atomic E-state index is 5.14. The Morgan fingerprint density at radius 3 is 2.93 bits per heavy atom. The summed E-state index contributed by atoms with van der Waals surface area (Å²) in [4.78, 5) is 2.52. The molecular formula is C12H24N2O. The van der Waals surface area contributed by atoms with Crippen LogP contribution in [0.1, 0.15) is 13.3 Å². The fourth-order valence-corrected chi connectivity index (χ4v) is 2.09. The lowest BCUT2D eigenvalue weighted by Crippen LogP contribution is -2.35. The summed E-state index contributed by atoms with van der Waals surface area (Å²) in [6.45, 7) is 7.67. The number of methoxy groups -OCH3 is 1. The normalized spacial score (nSPS) is 20.1. The van der Waals surface area contributed by atoms with Crippen LogP contribution in [0.25, 0.3) is 0 Å². The molecule has 0 aliphatic carbocycles. The van der Waals surface area contributed by atoms with Gasteiger partial charge in [-0.1, -0.05) is 13.0 Å². The molecule has 3 nitrogen and oxygen atoms in total. The van der Waals surface area contributed by atoms with E-state index in [-0.39, 0.29) is 0 Å². The van der Waals surface area contributed by atoms with E-state index in [2.05, 4.69) is 23.2 Å². The molecule has 0 amide bonds. The standard InChI is InChI=1S/C12H24N2O/c1-11(8-13-2)9-14-6-4-12(5-7-14)10-15-3/h4,11,13H,5-10H2,1-3H3. The van der Waals surface area contributed by atoms with Crippen LogP contribution in [-0.2, 0) is 4.74 Å². The van der Waals surface area contributed by atoms with Gasteiger partial charge < -0.3 is 10.1 Å². The predicted octanol–water partition coefficient (Wildman–Crippen LogP) is 1.12. The number of hydrogen-bond donors (Lipinski definition) is 1. The second-order valence-corrected chi connectivity index (χ2v) is 4.47. The van der Waals surface area contributed by atoms with Crippen LogP contribution in [0.2, 0.25) is 0 Å². The Kier molecular flexibility index (Phi) is 5.91. The maximum atomic E-state index is 5.14. The molecule has 1 aliphatic rings. The molecule has 88 valence electrons. The van der Waals surface area contributed by atoms with E-state index in [0.717, 1.165) is 25.6 Å². The second kappa shape index (κ2) is 6.99. The molecule has 0 aromatic heterocycles. The van der Waals surface area contributed by atoms with E-state index in [4.69, 9.17) is 4.74 Å². The lowest BCUT2D eigenvalue weighted by Gasteiger charge is -2.28. The Balaban J connectivity index is 2.24. The van der Waals surface area contributed by atoms with Crippen molar-refractivity contribution in [2.24, 2.45) is 5.92 Å². The molecular weight excluding hydrogens is 188 g/mol. The maximum Gasteiger partial charge on any atom is 0.0673 e. The molecule has 0 radical (unpaired) electrons. The van der Waals surface area contributed by atoms with Crippen molar-refractivity contribution in [2.45, 2.75) is 13.3 Å². The van der Waals surface area contributed by atoms with Crippen LogP contribution in [0.3, 0.4) is 0 Å². The van der Waals surface area contributed by atoms with E-state index in [1.807, 2.05) is 7.05 Å². The van der Waals surface area contributed by atoms with E-state index in [1.165, 1.54) is 25.1 Å². The van der Waals surface area contributed by atoms with Gasteiger partial charge in [0.2, 0.25) is 0 Å². The van der Waals surface area contributed by atoms with E-state index in [9.17, 15) is 0 Å². The van der Waals surface area contributed by atoms with Gasteiger partial charge >= 0.3 is 0 Å². The number of nitrogens with one attached hydrogen (secondary N) is 1. The topological polar surface area (TPSA) is 24.5 Å². The second-order valence-electron chi connectivity index (χ2n) is 4.47. The Bertz CT molecular complexity index is 204. The highest BCUT2D eigenvalue weighted by Crippen LogP contribution is 2.12. The minimum atomic E-state index is 0.729. The fraction of sp³-hybridized carbons (Fsp3) is 0.833. The summed E-state index contributed by atoms with van der Waals surface area (Å²) in [6.07, 6.45) is 3.49. The number of rotatable bonds is 6.